The number of benzene rings is 1. The fourth-order valence-electron chi connectivity index (χ4n) is 1.84. The maximum absolute atomic E-state index is 5.95. The highest BCUT2D eigenvalue weighted by Crippen LogP contribution is 2.33. The number of nitrogens with two attached hydrogens (primary N) is 1. The Morgan fingerprint density at radius 3 is 2.63 bits per heavy atom. The van der Waals surface area contributed by atoms with Crippen LogP contribution >= 0.6 is 28.1 Å². The van der Waals surface area contributed by atoms with Crippen molar-refractivity contribution in [3.8, 4) is 11.5 Å². The molecule has 19 heavy (non-hydrogen) atoms. The van der Waals surface area contributed by atoms with Crippen LogP contribution in [0.4, 0.5) is 0 Å². The maximum atomic E-state index is 5.95. The number of rotatable bonds is 3. The second-order valence-corrected chi connectivity index (χ2v) is 5.50. The topological polar surface area (TPSA) is 53.1 Å². The lowest BCUT2D eigenvalue weighted by atomic mass is 10.2. The second-order valence-electron chi connectivity index (χ2n) is 4.20. The number of aromatic nitrogens is 2. The molecule has 0 aliphatic rings. The normalized spacial score (nSPS) is 10.5. The lowest BCUT2D eigenvalue weighted by molar-refractivity contribution is 0.473. The lowest BCUT2D eigenvalue weighted by Gasteiger charge is -2.12. The molecular weight excluding hydrogens is 326 g/mol. The van der Waals surface area contributed by atoms with Gasteiger partial charge in [0.25, 0.3) is 0 Å². The van der Waals surface area contributed by atoms with Gasteiger partial charge in [-0.2, -0.15) is 5.10 Å². The second kappa shape index (κ2) is 5.30. The summed E-state index contributed by atoms with van der Waals surface area (Å²) in [5.41, 5.74) is 8.22. The zero-order chi connectivity index (χ0) is 14.2. The Balaban J connectivity index is 2.50. The number of nitrogens with zero attached hydrogens (tertiary/aromatic N) is 2. The van der Waals surface area contributed by atoms with Crippen molar-refractivity contribution in [2.75, 3.05) is 0 Å². The van der Waals surface area contributed by atoms with Crippen molar-refractivity contribution in [2.24, 2.45) is 12.8 Å². The van der Waals surface area contributed by atoms with Crippen LogP contribution in [0, 0.1) is 13.8 Å². The van der Waals surface area contributed by atoms with Gasteiger partial charge in [-0.25, -0.2) is 0 Å². The highest BCUT2D eigenvalue weighted by Gasteiger charge is 2.16. The first-order valence-corrected chi connectivity index (χ1v) is 6.88. The molecule has 0 aliphatic heterocycles. The van der Waals surface area contributed by atoms with Crippen molar-refractivity contribution in [1.82, 2.24) is 9.78 Å². The highest BCUT2D eigenvalue weighted by molar-refractivity contribution is 9.10. The molecule has 0 unspecified atom stereocenters. The van der Waals surface area contributed by atoms with Crippen LogP contribution < -0.4 is 10.5 Å². The van der Waals surface area contributed by atoms with Crippen LogP contribution in [0.2, 0.25) is 0 Å². The smallest absolute Gasteiger partial charge is 0.171 e. The van der Waals surface area contributed by atoms with Crippen LogP contribution in [0.15, 0.2) is 22.7 Å². The van der Waals surface area contributed by atoms with Gasteiger partial charge in [-0.05, 0) is 41.9 Å². The predicted octanol–water partition coefficient (Wildman–Crippen LogP) is 3.23. The van der Waals surface area contributed by atoms with E-state index in [0.29, 0.717) is 16.3 Å². The molecule has 0 spiro atoms. The van der Waals surface area contributed by atoms with E-state index in [1.807, 2.05) is 39.1 Å². The van der Waals surface area contributed by atoms with Crippen LogP contribution in [0.3, 0.4) is 0 Å². The van der Waals surface area contributed by atoms with Gasteiger partial charge in [0.2, 0.25) is 0 Å². The van der Waals surface area contributed by atoms with Gasteiger partial charge in [-0.15, -0.1) is 0 Å². The lowest BCUT2D eigenvalue weighted by Crippen LogP contribution is -2.11. The quantitative estimate of drug-likeness (QED) is 0.872. The van der Waals surface area contributed by atoms with Crippen molar-refractivity contribution < 1.29 is 4.74 Å². The van der Waals surface area contributed by atoms with Gasteiger partial charge >= 0.3 is 0 Å². The Bertz CT molecular complexity index is 652. The van der Waals surface area contributed by atoms with Gasteiger partial charge in [-0.1, -0.05) is 18.3 Å². The first-order chi connectivity index (χ1) is 8.91. The van der Waals surface area contributed by atoms with Crippen LogP contribution in [0.25, 0.3) is 0 Å². The van der Waals surface area contributed by atoms with Gasteiger partial charge in [-0.3, -0.25) is 4.68 Å². The molecule has 2 rings (SSSR count). The molecule has 0 amide bonds. The number of hydrogen-bond acceptors (Lipinski definition) is 3. The summed E-state index contributed by atoms with van der Waals surface area (Å²) in [6, 6.07) is 5.59. The van der Waals surface area contributed by atoms with Crippen molar-refractivity contribution in [2.45, 2.75) is 13.8 Å². The van der Waals surface area contributed by atoms with E-state index in [1.165, 1.54) is 0 Å². The summed E-state index contributed by atoms with van der Waals surface area (Å²) in [4.78, 5) is 0.293. The van der Waals surface area contributed by atoms with Gasteiger partial charge in [0.15, 0.2) is 5.75 Å². The van der Waals surface area contributed by atoms with E-state index in [2.05, 4.69) is 21.0 Å². The molecule has 100 valence electrons. The highest BCUT2D eigenvalue weighted by atomic mass is 79.9. The Kier molecular flexibility index (Phi) is 3.91. The predicted molar refractivity (Wildman–Crippen MR) is 82.8 cm³/mol. The molecule has 0 radical (unpaired) electrons. The van der Waals surface area contributed by atoms with Gasteiger partial charge in [0.05, 0.1) is 11.3 Å². The molecule has 6 heteroatoms. The number of thiocarbonyl (C=S) groups is 1. The van der Waals surface area contributed by atoms with E-state index in [0.717, 1.165) is 21.6 Å². The molecule has 1 aromatic heterocycles. The van der Waals surface area contributed by atoms with Crippen molar-refractivity contribution in [3.63, 3.8) is 0 Å². The number of ether oxygens (including phenoxy) is 1. The van der Waals surface area contributed by atoms with Gasteiger partial charge in [0.1, 0.15) is 16.4 Å². The Morgan fingerprint density at radius 1 is 1.42 bits per heavy atom. The summed E-state index contributed by atoms with van der Waals surface area (Å²) in [7, 11) is 1.88. The summed E-state index contributed by atoms with van der Waals surface area (Å²) >= 11 is 8.51. The third-order valence-electron chi connectivity index (χ3n) is 2.88. The van der Waals surface area contributed by atoms with E-state index < -0.39 is 0 Å². The third-order valence-corrected chi connectivity index (χ3v) is 3.74. The molecule has 0 saturated heterocycles. The Hall–Kier alpha value is -1.40. The maximum Gasteiger partial charge on any atom is 0.171 e. The minimum atomic E-state index is 0.293. The summed E-state index contributed by atoms with van der Waals surface area (Å²) < 4.78 is 8.55. The molecule has 0 saturated carbocycles. The van der Waals surface area contributed by atoms with Gasteiger partial charge < -0.3 is 10.5 Å². The van der Waals surface area contributed by atoms with Crippen LogP contribution in [0.5, 0.6) is 11.5 Å². The molecule has 1 heterocycles. The molecule has 4 nitrogen and oxygen atoms in total. The number of aryl methyl sites for hydroxylation is 2. The third kappa shape index (κ3) is 2.64. The Labute approximate surface area is 125 Å². The van der Waals surface area contributed by atoms with E-state index >= 15 is 0 Å². The largest absolute Gasteiger partial charge is 0.453 e. The standard InChI is InChI=1S/C13H14BrN3OS/c1-7-12(8(2)17(3)16-7)18-10-6-4-5-9(14)11(10)13(15)19/h4-6H,1-3H3,(H2,15,19). The van der Waals surface area contributed by atoms with Crippen molar-refractivity contribution in [1.29, 1.82) is 0 Å². The van der Waals surface area contributed by atoms with Crippen LogP contribution in [-0.4, -0.2) is 14.8 Å². The fourth-order valence-corrected chi connectivity index (χ4v) is 2.74. The van der Waals surface area contributed by atoms with E-state index in [4.69, 9.17) is 22.7 Å². The summed E-state index contributed by atoms with van der Waals surface area (Å²) in [5, 5.41) is 4.32. The molecule has 0 fully saturated rings. The first-order valence-electron chi connectivity index (χ1n) is 5.68. The van der Waals surface area contributed by atoms with E-state index in [-0.39, 0.29) is 0 Å². The number of halogens is 1. The van der Waals surface area contributed by atoms with Crippen molar-refractivity contribution >= 4 is 33.1 Å². The molecule has 2 aromatic rings. The summed E-state index contributed by atoms with van der Waals surface area (Å²) in [6.07, 6.45) is 0. The Morgan fingerprint density at radius 2 is 2.11 bits per heavy atom. The average molecular weight is 340 g/mol. The van der Waals surface area contributed by atoms with Crippen LogP contribution in [0.1, 0.15) is 17.0 Å². The van der Waals surface area contributed by atoms with Crippen molar-refractivity contribution in [3.05, 3.63) is 39.6 Å². The SMILES string of the molecule is Cc1nn(C)c(C)c1Oc1cccc(Br)c1C(N)=S. The number of hydrogen-bond donors (Lipinski definition) is 1. The van der Waals surface area contributed by atoms with Crippen LogP contribution in [-0.2, 0) is 7.05 Å². The monoisotopic (exact) mass is 339 g/mol. The minimum absolute atomic E-state index is 0.293. The molecule has 0 bridgehead atoms. The molecular formula is C13H14BrN3OS. The average Bonchev–Trinajstić information content (AvgIpc) is 2.55. The zero-order valence-electron chi connectivity index (χ0n) is 10.9. The van der Waals surface area contributed by atoms with E-state index in [9.17, 15) is 0 Å². The zero-order valence-corrected chi connectivity index (χ0v) is 13.3. The summed E-state index contributed by atoms with van der Waals surface area (Å²) in [6.45, 7) is 3.86. The molecule has 1 aromatic carbocycles. The molecule has 0 aliphatic carbocycles. The molecule has 2 N–H and O–H groups in total. The first kappa shape index (κ1) is 14.0. The molecule has 0 atom stereocenters. The van der Waals surface area contributed by atoms with Gasteiger partial charge in [0, 0.05) is 11.5 Å². The minimum Gasteiger partial charge on any atom is -0.453 e. The fraction of sp³-hybridized carbons (Fsp3) is 0.231. The van der Waals surface area contributed by atoms with E-state index in [1.54, 1.807) is 4.68 Å². The summed E-state index contributed by atoms with van der Waals surface area (Å²) in [5.74, 6) is 1.36.